The highest BCUT2D eigenvalue weighted by Gasteiger charge is 2.27. The van der Waals surface area contributed by atoms with Crippen molar-refractivity contribution < 1.29 is 28.7 Å². The van der Waals surface area contributed by atoms with Crippen molar-refractivity contribution >= 4 is 45.8 Å². The molecule has 13 heteroatoms. The number of aromatic amines is 1. The highest BCUT2D eigenvalue weighted by molar-refractivity contribution is 6.10. The van der Waals surface area contributed by atoms with Crippen LogP contribution in [0.3, 0.4) is 0 Å². The number of carbonyl (C=O) groups excluding carboxylic acids is 4. The van der Waals surface area contributed by atoms with Gasteiger partial charge in [-0.3, -0.25) is 20.4 Å². The minimum Gasteiger partial charge on any atom is -0.444 e. The van der Waals surface area contributed by atoms with Gasteiger partial charge < -0.3 is 19.8 Å². The van der Waals surface area contributed by atoms with Gasteiger partial charge in [-0.05, 0) is 60.6 Å². The van der Waals surface area contributed by atoms with Gasteiger partial charge in [0.25, 0.3) is 11.8 Å². The predicted octanol–water partition coefficient (Wildman–Crippen LogP) is 3.90. The van der Waals surface area contributed by atoms with Gasteiger partial charge in [0.05, 0.1) is 16.9 Å². The number of hydrogen-bond acceptors (Lipinski definition) is 8. The Balaban J connectivity index is 1.49. The lowest BCUT2D eigenvalue weighted by molar-refractivity contribution is -0.124. The maximum Gasteiger partial charge on any atom is 0.419 e. The molecule has 1 atom stereocenters. The van der Waals surface area contributed by atoms with E-state index < -0.39 is 41.2 Å². The third-order valence-corrected chi connectivity index (χ3v) is 5.87. The van der Waals surface area contributed by atoms with Crippen molar-refractivity contribution in [3.63, 3.8) is 0 Å². The van der Waals surface area contributed by atoms with Gasteiger partial charge in [-0.2, -0.15) is 0 Å². The standard InChI is InChI=1S/C29H35N7O6/c1-16-23-19(18-10-8-9-11-20(18)32-23)13-22(31-16)25(38)35-34-24(37)21(33-26(39)41-28(2,3)4)12-17-14-36(15-30-17)27(40)42-29(5,6)7/h8-11,13-15,21,32H,12H2,1-7H3,(H,33,39)(H,34,37)(H,35,38)/t21-/m0/s1. The summed E-state index contributed by atoms with van der Waals surface area (Å²) in [6.07, 6.45) is 1.04. The minimum atomic E-state index is -1.21. The smallest absolute Gasteiger partial charge is 0.419 e. The predicted molar refractivity (Wildman–Crippen MR) is 155 cm³/mol. The zero-order chi connectivity index (χ0) is 30.8. The van der Waals surface area contributed by atoms with E-state index in [9.17, 15) is 19.2 Å². The summed E-state index contributed by atoms with van der Waals surface area (Å²) in [5.74, 6) is -1.39. The van der Waals surface area contributed by atoms with E-state index in [1.165, 1.54) is 12.5 Å². The molecule has 4 aromatic rings. The summed E-state index contributed by atoms with van der Waals surface area (Å²) in [5, 5.41) is 4.26. The topological polar surface area (TPSA) is 169 Å². The number of alkyl carbamates (subject to hydrolysis) is 1. The van der Waals surface area contributed by atoms with Crippen LogP contribution in [0.1, 0.15) is 63.4 Å². The fourth-order valence-electron chi connectivity index (χ4n) is 4.14. The maximum atomic E-state index is 13.2. The lowest BCUT2D eigenvalue weighted by Gasteiger charge is -2.23. The van der Waals surface area contributed by atoms with Gasteiger partial charge in [-0.15, -0.1) is 0 Å². The monoisotopic (exact) mass is 577 g/mol. The number of nitrogens with one attached hydrogen (secondary N) is 4. The molecule has 0 saturated carbocycles. The van der Waals surface area contributed by atoms with Crippen molar-refractivity contribution in [3.05, 3.63) is 59.9 Å². The van der Waals surface area contributed by atoms with Crippen LogP contribution in [0.5, 0.6) is 0 Å². The molecule has 4 N–H and O–H groups in total. The van der Waals surface area contributed by atoms with E-state index >= 15 is 0 Å². The number of carbonyl (C=O) groups is 4. The van der Waals surface area contributed by atoms with Crippen molar-refractivity contribution in [1.29, 1.82) is 0 Å². The second kappa shape index (κ2) is 11.5. The van der Waals surface area contributed by atoms with Crippen LogP contribution in [0, 0.1) is 6.92 Å². The average Bonchev–Trinajstić information content (AvgIpc) is 3.50. The molecule has 0 aliphatic heterocycles. The molecule has 0 fully saturated rings. The fraction of sp³-hybridized carbons (Fsp3) is 0.379. The SMILES string of the molecule is Cc1nc(C(=O)NNC(=O)[C@H](Cc2cn(C(=O)OC(C)(C)C)cn2)NC(=O)OC(C)(C)C)cc2c1[nH]c1ccccc12. The highest BCUT2D eigenvalue weighted by atomic mass is 16.6. The third-order valence-electron chi connectivity index (χ3n) is 5.87. The normalized spacial score (nSPS) is 12.5. The number of pyridine rings is 1. The van der Waals surface area contributed by atoms with Gasteiger partial charge in [0.15, 0.2) is 0 Å². The number of rotatable bonds is 5. The summed E-state index contributed by atoms with van der Waals surface area (Å²) >= 11 is 0. The first-order chi connectivity index (χ1) is 19.6. The van der Waals surface area contributed by atoms with Gasteiger partial charge in [0, 0.05) is 28.9 Å². The van der Waals surface area contributed by atoms with Crippen molar-refractivity contribution in [3.8, 4) is 0 Å². The van der Waals surface area contributed by atoms with Crippen LogP contribution < -0.4 is 16.2 Å². The van der Waals surface area contributed by atoms with Gasteiger partial charge in [-0.1, -0.05) is 18.2 Å². The van der Waals surface area contributed by atoms with Crippen molar-refractivity contribution in [2.45, 2.75) is 72.1 Å². The number of amides is 3. The molecule has 42 heavy (non-hydrogen) atoms. The van der Waals surface area contributed by atoms with Gasteiger partial charge in [0.1, 0.15) is 29.3 Å². The number of nitrogens with zero attached hydrogens (tertiary/aromatic N) is 3. The van der Waals surface area contributed by atoms with Crippen LogP contribution in [0.2, 0.25) is 0 Å². The number of imidazole rings is 1. The molecule has 0 radical (unpaired) electrons. The number of para-hydroxylation sites is 1. The van der Waals surface area contributed by atoms with E-state index in [1.807, 2.05) is 24.3 Å². The number of aryl methyl sites for hydroxylation is 1. The molecule has 0 saturated heterocycles. The minimum absolute atomic E-state index is 0.0952. The maximum absolute atomic E-state index is 13.2. The summed E-state index contributed by atoms with van der Waals surface area (Å²) in [7, 11) is 0. The lowest BCUT2D eigenvalue weighted by Crippen LogP contribution is -2.54. The first-order valence-corrected chi connectivity index (χ1v) is 13.3. The van der Waals surface area contributed by atoms with E-state index in [-0.39, 0.29) is 12.1 Å². The molecule has 222 valence electrons. The number of hydrazine groups is 1. The molecule has 0 aliphatic rings. The Bertz CT molecular complexity index is 1660. The van der Waals surface area contributed by atoms with Crippen molar-refractivity contribution in [2.75, 3.05) is 0 Å². The van der Waals surface area contributed by atoms with E-state index in [4.69, 9.17) is 9.47 Å². The fourth-order valence-corrected chi connectivity index (χ4v) is 4.14. The van der Waals surface area contributed by atoms with E-state index in [0.717, 1.165) is 26.4 Å². The van der Waals surface area contributed by atoms with Crippen molar-refractivity contribution in [1.82, 2.24) is 35.7 Å². The van der Waals surface area contributed by atoms with E-state index in [1.54, 1.807) is 54.5 Å². The molecule has 3 aromatic heterocycles. The number of hydrogen-bond donors (Lipinski definition) is 4. The summed E-state index contributed by atoms with van der Waals surface area (Å²) in [6, 6.07) is 8.11. The second-order valence-electron chi connectivity index (χ2n) is 11.8. The van der Waals surface area contributed by atoms with Gasteiger partial charge in [-0.25, -0.2) is 24.1 Å². The second-order valence-corrected chi connectivity index (χ2v) is 11.8. The Hall–Kier alpha value is -4.94. The van der Waals surface area contributed by atoms with Crippen LogP contribution in [-0.2, 0) is 20.7 Å². The molecule has 0 aliphatic carbocycles. The third kappa shape index (κ3) is 7.42. The Morgan fingerprint density at radius 1 is 0.976 bits per heavy atom. The van der Waals surface area contributed by atoms with Crippen LogP contribution in [0.25, 0.3) is 21.8 Å². The average molecular weight is 578 g/mol. The lowest BCUT2D eigenvalue weighted by atomic mass is 10.1. The molecule has 1 aromatic carbocycles. The molecule has 0 bridgehead atoms. The number of fused-ring (bicyclic) bond motifs is 3. The van der Waals surface area contributed by atoms with Gasteiger partial charge in [0.2, 0.25) is 0 Å². The van der Waals surface area contributed by atoms with E-state index in [0.29, 0.717) is 11.4 Å². The molecule has 0 unspecified atom stereocenters. The molecule has 13 nitrogen and oxygen atoms in total. The molecular formula is C29H35N7O6. The zero-order valence-corrected chi connectivity index (χ0v) is 24.6. The quantitative estimate of drug-likeness (QED) is 0.259. The summed E-state index contributed by atoms with van der Waals surface area (Å²) in [6.45, 7) is 12.0. The van der Waals surface area contributed by atoms with Gasteiger partial charge >= 0.3 is 12.2 Å². The number of H-pyrrole nitrogens is 1. The molecule has 3 heterocycles. The summed E-state index contributed by atoms with van der Waals surface area (Å²) < 4.78 is 11.8. The Labute approximate surface area is 242 Å². The Morgan fingerprint density at radius 3 is 2.36 bits per heavy atom. The Kier molecular flexibility index (Phi) is 8.23. The van der Waals surface area contributed by atoms with Crippen LogP contribution in [0.15, 0.2) is 42.9 Å². The molecule has 0 spiro atoms. The Morgan fingerprint density at radius 2 is 1.67 bits per heavy atom. The molecule has 3 amide bonds. The first kappa shape index (κ1) is 30.0. The number of benzene rings is 1. The largest absolute Gasteiger partial charge is 0.444 e. The van der Waals surface area contributed by atoms with Crippen LogP contribution in [-0.4, -0.2) is 60.8 Å². The zero-order valence-electron chi connectivity index (χ0n) is 24.6. The highest BCUT2D eigenvalue weighted by Crippen LogP contribution is 2.27. The first-order valence-electron chi connectivity index (χ1n) is 13.3. The van der Waals surface area contributed by atoms with Crippen LogP contribution in [0.4, 0.5) is 9.59 Å². The molecular weight excluding hydrogens is 542 g/mol. The number of aromatic nitrogens is 4. The summed E-state index contributed by atoms with van der Waals surface area (Å²) in [4.78, 5) is 62.9. The van der Waals surface area contributed by atoms with E-state index in [2.05, 4.69) is 31.1 Å². The molecule has 4 rings (SSSR count). The van der Waals surface area contributed by atoms with Crippen molar-refractivity contribution in [2.24, 2.45) is 0 Å². The van der Waals surface area contributed by atoms with Crippen LogP contribution >= 0.6 is 0 Å². The summed E-state index contributed by atoms with van der Waals surface area (Å²) in [5.41, 5.74) is 5.92. The number of ether oxygens (including phenoxy) is 2.